The molecule has 0 heterocycles. The van der Waals surface area contributed by atoms with Gasteiger partial charge in [0.25, 0.3) is 0 Å². The van der Waals surface area contributed by atoms with Crippen LogP contribution in [-0.2, 0) is 0 Å². The summed E-state index contributed by atoms with van der Waals surface area (Å²) in [5, 5.41) is 4.50. The van der Waals surface area contributed by atoms with Crippen LogP contribution in [0.1, 0.15) is 62.6 Å². The Morgan fingerprint density at radius 2 is 2.05 bits per heavy atom. The molecule has 0 saturated heterocycles. The number of nitrogens with one attached hydrogen (secondary N) is 1. The van der Waals surface area contributed by atoms with Crippen LogP contribution < -0.4 is 5.32 Å². The number of rotatable bonds is 6. The zero-order valence-electron chi connectivity index (χ0n) is 12.2. The summed E-state index contributed by atoms with van der Waals surface area (Å²) >= 11 is 6.26. The Morgan fingerprint density at radius 1 is 1.32 bits per heavy atom. The highest BCUT2D eigenvalue weighted by Gasteiger charge is 2.18. The van der Waals surface area contributed by atoms with Crippen LogP contribution in [0.4, 0.5) is 0 Å². The molecule has 1 aromatic rings. The molecule has 2 heteroatoms. The maximum Gasteiger partial charge on any atom is 0.0438 e. The molecule has 0 radical (unpaired) electrons. The lowest BCUT2D eigenvalue weighted by atomic mass is 9.94. The van der Waals surface area contributed by atoms with Crippen molar-refractivity contribution in [2.24, 2.45) is 5.92 Å². The van der Waals surface area contributed by atoms with Crippen molar-refractivity contribution in [3.8, 4) is 0 Å². The zero-order chi connectivity index (χ0) is 13.7. The molecular formula is C17H26ClN. The molecule has 0 aliphatic heterocycles. The molecule has 1 atom stereocenters. The smallest absolute Gasteiger partial charge is 0.0438 e. The SMILES string of the molecule is CCNC(CCC1CCCC1)c1ccc(C)c(Cl)c1. The topological polar surface area (TPSA) is 12.0 Å². The van der Waals surface area contributed by atoms with Crippen LogP contribution in [0.2, 0.25) is 5.02 Å². The summed E-state index contributed by atoms with van der Waals surface area (Å²) in [6, 6.07) is 6.96. The van der Waals surface area contributed by atoms with E-state index in [1.807, 2.05) is 0 Å². The van der Waals surface area contributed by atoms with Gasteiger partial charge >= 0.3 is 0 Å². The molecule has 0 amide bonds. The third-order valence-electron chi connectivity index (χ3n) is 4.39. The Kier molecular flexibility index (Phi) is 5.72. The second-order valence-electron chi connectivity index (χ2n) is 5.85. The van der Waals surface area contributed by atoms with Gasteiger partial charge in [0.05, 0.1) is 0 Å². The fourth-order valence-corrected chi connectivity index (χ4v) is 3.35. The molecular weight excluding hydrogens is 254 g/mol. The Hall–Kier alpha value is -0.530. The number of halogens is 1. The van der Waals surface area contributed by atoms with Crippen molar-refractivity contribution < 1.29 is 0 Å². The van der Waals surface area contributed by atoms with Gasteiger partial charge in [0.15, 0.2) is 0 Å². The molecule has 1 unspecified atom stereocenters. The molecule has 0 spiro atoms. The van der Waals surface area contributed by atoms with E-state index in [2.05, 4.69) is 37.4 Å². The van der Waals surface area contributed by atoms with Crippen LogP contribution in [0.5, 0.6) is 0 Å². The van der Waals surface area contributed by atoms with Crippen molar-refractivity contribution in [3.05, 3.63) is 34.3 Å². The van der Waals surface area contributed by atoms with Gasteiger partial charge in [-0.15, -0.1) is 0 Å². The summed E-state index contributed by atoms with van der Waals surface area (Å²) in [5.74, 6) is 0.960. The van der Waals surface area contributed by atoms with Gasteiger partial charge in [-0.3, -0.25) is 0 Å². The molecule has 1 fully saturated rings. The summed E-state index contributed by atoms with van der Waals surface area (Å²) in [7, 11) is 0. The summed E-state index contributed by atoms with van der Waals surface area (Å²) in [6.07, 6.45) is 8.34. The first kappa shape index (κ1) is 14.9. The predicted octanol–water partition coefficient (Wildman–Crippen LogP) is 5.27. The first-order chi connectivity index (χ1) is 9.20. The average Bonchev–Trinajstić information content (AvgIpc) is 2.91. The Balaban J connectivity index is 1.99. The zero-order valence-corrected chi connectivity index (χ0v) is 13.0. The summed E-state index contributed by atoms with van der Waals surface area (Å²) in [5.41, 5.74) is 2.51. The van der Waals surface area contributed by atoms with Crippen LogP contribution in [0.3, 0.4) is 0 Å². The van der Waals surface area contributed by atoms with Crippen molar-refractivity contribution in [3.63, 3.8) is 0 Å². The van der Waals surface area contributed by atoms with E-state index in [1.165, 1.54) is 44.1 Å². The summed E-state index contributed by atoms with van der Waals surface area (Å²) < 4.78 is 0. The first-order valence-corrected chi connectivity index (χ1v) is 8.08. The van der Waals surface area contributed by atoms with E-state index in [0.717, 1.165) is 23.0 Å². The Morgan fingerprint density at radius 3 is 2.68 bits per heavy atom. The van der Waals surface area contributed by atoms with E-state index in [9.17, 15) is 0 Å². The van der Waals surface area contributed by atoms with Crippen molar-refractivity contribution in [2.75, 3.05) is 6.54 Å². The van der Waals surface area contributed by atoms with Crippen LogP contribution in [0, 0.1) is 12.8 Å². The lowest BCUT2D eigenvalue weighted by Crippen LogP contribution is -2.21. The normalized spacial score (nSPS) is 17.8. The predicted molar refractivity (Wildman–Crippen MR) is 83.8 cm³/mol. The maximum absolute atomic E-state index is 6.26. The standard InChI is InChI=1S/C17H26ClN/c1-3-19-17(11-9-14-6-4-5-7-14)15-10-8-13(2)16(18)12-15/h8,10,12,14,17,19H,3-7,9,11H2,1-2H3. The van der Waals surface area contributed by atoms with Crippen molar-refractivity contribution in [2.45, 2.75) is 58.4 Å². The third-order valence-corrected chi connectivity index (χ3v) is 4.79. The first-order valence-electron chi connectivity index (χ1n) is 7.70. The van der Waals surface area contributed by atoms with Gasteiger partial charge in [-0.05, 0) is 49.4 Å². The van der Waals surface area contributed by atoms with Crippen molar-refractivity contribution in [1.82, 2.24) is 5.32 Å². The second kappa shape index (κ2) is 7.31. The number of hydrogen-bond donors (Lipinski definition) is 1. The molecule has 1 nitrogen and oxygen atoms in total. The van der Waals surface area contributed by atoms with E-state index < -0.39 is 0 Å². The van der Waals surface area contributed by atoms with E-state index >= 15 is 0 Å². The number of benzene rings is 1. The van der Waals surface area contributed by atoms with Crippen LogP contribution in [0.25, 0.3) is 0 Å². The highest BCUT2D eigenvalue weighted by Crippen LogP contribution is 2.32. The molecule has 1 N–H and O–H groups in total. The van der Waals surface area contributed by atoms with E-state index in [1.54, 1.807) is 0 Å². The van der Waals surface area contributed by atoms with E-state index in [-0.39, 0.29) is 0 Å². The largest absolute Gasteiger partial charge is 0.310 e. The van der Waals surface area contributed by atoms with Crippen LogP contribution in [-0.4, -0.2) is 6.54 Å². The van der Waals surface area contributed by atoms with Gasteiger partial charge in [-0.25, -0.2) is 0 Å². The molecule has 1 aliphatic carbocycles. The average molecular weight is 280 g/mol. The molecule has 106 valence electrons. The van der Waals surface area contributed by atoms with Gasteiger partial charge < -0.3 is 5.32 Å². The lowest BCUT2D eigenvalue weighted by molar-refractivity contribution is 0.417. The molecule has 0 aromatic heterocycles. The third kappa shape index (κ3) is 4.22. The highest BCUT2D eigenvalue weighted by atomic mass is 35.5. The molecule has 19 heavy (non-hydrogen) atoms. The van der Waals surface area contributed by atoms with Crippen LogP contribution in [0.15, 0.2) is 18.2 Å². The maximum atomic E-state index is 6.26. The minimum absolute atomic E-state index is 0.462. The number of hydrogen-bond acceptors (Lipinski definition) is 1. The minimum Gasteiger partial charge on any atom is -0.310 e. The van der Waals surface area contributed by atoms with E-state index in [0.29, 0.717) is 6.04 Å². The quantitative estimate of drug-likeness (QED) is 0.748. The monoisotopic (exact) mass is 279 g/mol. The van der Waals surface area contributed by atoms with Crippen molar-refractivity contribution >= 4 is 11.6 Å². The lowest BCUT2D eigenvalue weighted by Gasteiger charge is -2.21. The van der Waals surface area contributed by atoms with Gasteiger partial charge in [-0.1, -0.05) is 56.3 Å². The van der Waals surface area contributed by atoms with Crippen molar-refractivity contribution in [1.29, 1.82) is 0 Å². The van der Waals surface area contributed by atoms with Gasteiger partial charge in [0.2, 0.25) is 0 Å². The van der Waals surface area contributed by atoms with Gasteiger partial charge in [0.1, 0.15) is 0 Å². The molecule has 2 rings (SSSR count). The number of aryl methyl sites for hydroxylation is 1. The molecule has 1 saturated carbocycles. The van der Waals surface area contributed by atoms with E-state index in [4.69, 9.17) is 11.6 Å². The second-order valence-corrected chi connectivity index (χ2v) is 6.25. The fourth-order valence-electron chi connectivity index (χ4n) is 3.16. The fraction of sp³-hybridized carbons (Fsp3) is 0.647. The highest BCUT2D eigenvalue weighted by molar-refractivity contribution is 6.31. The van der Waals surface area contributed by atoms with Gasteiger partial charge in [0, 0.05) is 11.1 Å². The Labute approximate surface area is 122 Å². The molecule has 0 bridgehead atoms. The van der Waals surface area contributed by atoms with Crippen LogP contribution >= 0.6 is 11.6 Å². The Bertz CT molecular complexity index is 396. The summed E-state index contributed by atoms with van der Waals surface area (Å²) in [6.45, 7) is 5.26. The molecule has 1 aromatic carbocycles. The minimum atomic E-state index is 0.462. The summed E-state index contributed by atoms with van der Waals surface area (Å²) in [4.78, 5) is 0. The van der Waals surface area contributed by atoms with Gasteiger partial charge in [-0.2, -0.15) is 0 Å². The molecule has 1 aliphatic rings.